The van der Waals surface area contributed by atoms with E-state index in [1.165, 1.54) is 31.2 Å². The lowest BCUT2D eigenvalue weighted by Gasteiger charge is -2.30. The Morgan fingerprint density at radius 3 is 2.41 bits per heavy atom. The van der Waals surface area contributed by atoms with Crippen molar-refractivity contribution in [1.29, 1.82) is 0 Å². The fourth-order valence-electron chi connectivity index (χ4n) is 4.06. The summed E-state index contributed by atoms with van der Waals surface area (Å²) in [5, 5.41) is 15.5. The van der Waals surface area contributed by atoms with E-state index in [1.54, 1.807) is 6.92 Å². The standard InChI is InChI=1S/C22H18Cl2F3N3O6S/c1-11-5-12(3-4-16(11)18(31)28-20(2)10-35-37(34)30(20)19(32)33)17-9-21(36-29-17,22(25,26)27)13-6-14(23)8-15(24)7-13/h3-8H,9-10H2,1-2H3,(H,28,31)(H,32,33). The van der Waals surface area contributed by atoms with Gasteiger partial charge >= 0.3 is 12.3 Å². The molecule has 0 aliphatic carbocycles. The number of carbonyl (C=O) groups is 2. The maximum Gasteiger partial charge on any atom is 0.435 e. The number of amides is 2. The molecule has 3 atom stereocenters. The van der Waals surface area contributed by atoms with E-state index in [-0.39, 0.29) is 39.1 Å². The molecule has 3 unspecified atom stereocenters. The number of carboxylic acid groups (broad SMARTS) is 1. The number of rotatable bonds is 4. The van der Waals surface area contributed by atoms with E-state index in [0.29, 0.717) is 9.87 Å². The molecule has 0 radical (unpaired) electrons. The number of nitrogens with zero attached hydrogens (tertiary/aromatic N) is 2. The predicted octanol–water partition coefficient (Wildman–Crippen LogP) is 4.92. The highest BCUT2D eigenvalue weighted by Gasteiger charge is 2.62. The highest BCUT2D eigenvalue weighted by Crippen LogP contribution is 2.49. The van der Waals surface area contributed by atoms with E-state index in [9.17, 15) is 32.1 Å². The van der Waals surface area contributed by atoms with Gasteiger partial charge in [0.1, 0.15) is 6.61 Å². The van der Waals surface area contributed by atoms with Crippen LogP contribution in [0.5, 0.6) is 0 Å². The summed E-state index contributed by atoms with van der Waals surface area (Å²) >= 11 is 9.55. The Balaban J connectivity index is 1.59. The van der Waals surface area contributed by atoms with E-state index in [0.717, 1.165) is 12.1 Å². The van der Waals surface area contributed by atoms with E-state index in [2.05, 4.69) is 10.5 Å². The van der Waals surface area contributed by atoms with Gasteiger partial charge in [0.05, 0.1) is 5.71 Å². The molecule has 2 aromatic rings. The maximum atomic E-state index is 14.2. The minimum atomic E-state index is -4.87. The lowest BCUT2D eigenvalue weighted by molar-refractivity contribution is -0.275. The molecule has 0 aromatic heterocycles. The normalized spacial score (nSPS) is 25.5. The summed E-state index contributed by atoms with van der Waals surface area (Å²) < 4.78 is 59.9. The molecule has 2 heterocycles. The summed E-state index contributed by atoms with van der Waals surface area (Å²) in [5.74, 6) is -0.705. The first-order valence-electron chi connectivity index (χ1n) is 10.5. The van der Waals surface area contributed by atoms with Crippen LogP contribution in [-0.2, 0) is 25.9 Å². The zero-order chi connectivity index (χ0) is 27.3. The van der Waals surface area contributed by atoms with Crippen molar-refractivity contribution in [3.05, 3.63) is 68.7 Å². The van der Waals surface area contributed by atoms with Gasteiger partial charge in [0.25, 0.3) is 22.8 Å². The van der Waals surface area contributed by atoms with Gasteiger partial charge in [0.15, 0.2) is 5.66 Å². The molecular formula is C22H18Cl2F3N3O6S. The number of hydrogen-bond donors (Lipinski definition) is 2. The molecule has 2 aliphatic rings. The first-order chi connectivity index (χ1) is 17.2. The first kappa shape index (κ1) is 27.2. The summed E-state index contributed by atoms with van der Waals surface area (Å²) in [6.07, 6.45) is -7.10. The maximum absolute atomic E-state index is 14.2. The van der Waals surface area contributed by atoms with Gasteiger partial charge < -0.3 is 15.3 Å². The zero-order valence-electron chi connectivity index (χ0n) is 19.1. The smallest absolute Gasteiger partial charge is 0.435 e. The van der Waals surface area contributed by atoms with Gasteiger partial charge in [-0.15, -0.1) is 0 Å². The van der Waals surface area contributed by atoms with Crippen LogP contribution in [0.4, 0.5) is 18.0 Å². The topological polar surface area (TPSA) is 118 Å². The Hall–Kier alpha value is -2.87. The average Bonchev–Trinajstić information content (AvgIpc) is 3.35. The third kappa shape index (κ3) is 4.88. The van der Waals surface area contributed by atoms with Gasteiger partial charge in [-0.3, -0.25) is 8.98 Å². The largest absolute Gasteiger partial charge is 0.464 e. The Labute approximate surface area is 220 Å². The van der Waals surface area contributed by atoms with Gasteiger partial charge in [-0.1, -0.05) is 34.4 Å². The molecule has 2 N–H and O–H groups in total. The van der Waals surface area contributed by atoms with Crippen LogP contribution in [-0.4, -0.2) is 49.8 Å². The van der Waals surface area contributed by atoms with E-state index < -0.39 is 47.1 Å². The summed E-state index contributed by atoms with van der Waals surface area (Å²) in [6.45, 7) is 2.52. The summed E-state index contributed by atoms with van der Waals surface area (Å²) in [6, 6.07) is 7.72. The number of benzene rings is 2. The lowest BCUT2D eigenvalue weighted by atomic mass is 9.86. The number of aryl methyl sites for hydroxylation is 1. The van der Waals surface area contributed by atoms with Crippen molar-refractivity contribution in [3.63, 3.8) is 0 Å². The van der Waals surface area contributed by atoms with E-state index in [4.69, 9.17) is 32.2 Å². The lowest BCUT2D eigenvalue weighted by Crippen LogP contribution is -2.58. The van der Waals surface area contributed by atoms with Crippen LogP contribution in [0.1, 0.15) is 40.4 Å². The molecule has 2 amide bonds. The molecule has 37 heavy (non-hydrogen) atoms. The SMILES string of the molecule is Cc1cc(C2=NOC(c3cc(Cl)cc(Cl)c3)(C(F)(F)F)C2)ccc1C(=O)NC1(C)COS(=O)N1C(=O)O. The molecule has 198 valence electrons. The minimum Gasteiger partial charge on any atom is -0.464 e. The van der Waals surface area contributed by atoms with Crippen LogP contribution in [0, 0.1) is 6.92 Å². The molecule has 2 aliphatic heterocycles. The fourth-order valence-corrected chi connectivity index (χ4v) is 5.57. The van der Waals surface area contributed by atoms with Crippen LogP contribution in [0.2, 0.25) is 10.0 Å². The molecule has 1 fully saturated rings. The molecule has 4 rings (SSSR count). The van der Waals surface area contributed by atoms with Crippen LogP contribution < -0.4 is 5.32 Å². The molecular weight excluding hydrogens is 562 g/mol. The molecule has 1 saturated heterocycles. The summed E-state index contributed by atoms with van der Waals surface area (Å²) in [7, 11) is 0. The Morgan fingerprint density at radius 2 is 1.84 bits per heavy atom. The summed E-state index contributed by atoms with van der Waals surface area (Å²) in [4.78, 5) is 29.3. The highest BCUT2D eigenvalue weighted by atomic mass is 35.5. The number of alkyl halides is 3. The number of nitrogens with one attached hydrogen (secondary N) is 1. The van der Waals surface area contributed by atoms with Crippen LogP contribution in [0.25, 0.3) is 0 Å². The minimum absolute atomic E-state index is 0.000963. The predicted molar refractivity (Wildman–Crippen MR) is 127 cm³/mol. The molecule has 2 aromatic carbocycles. The number of carbonyl (C=O) groups excluding carboxylic acids is 1. The van der Waals surface area contributed by atoms with Crippen molar-refractivity contribution in [1.82, 2.24) is 9.62 Å². The molecule has 9 nitrogen and oxygen atoms in total. The third-order valence-corrected chi connectivity index (χ3v) is 7.53. The monoisotopic (exact) mass is 579 g/mol. The fraction of sp³-hybridized carbons (Fsp3) is 0.318. The quantitative estimate of drug-likeness (QED) is 0.531. The van der Waals surface area contributed by atoms with Crippen molar-refractivity contribution < 1.29 is 41.1 Å². The second-order valence-corrected chi connectivity index (χ2v) is 10.5. The van der Waals surface area contributed by atoms with Crippen molar-refractivity contribution in [2.75, 3.05) is 6.61 Å². The van der Waals surface area contributed by atoms with Crippen LogP contribution in [0.3, 0.4) is 0 Å². The Kier molecular flexibility index (Phi) is 6.95. The highest BCUT2D eigenvalue weighted by molar-refractivity contribution is 7.78. The first-order valence-corrected chi connectivity index (χ1v) is 12.3. The van der Waals surface area contributed by atoms with Crippen LogP contribution in [0.15, 0.2) is 41.6 Å². The average molecular weight is 580 g/mol. The van der Waals surface area contributed by atoms with Gasteiger partial charge in [-0.25, -0.2) is 9.00 Å². The van der Waals surface area contributed by atoms with Gasteiger partial charge in [0.2, 0.25) is 0 Å². The Morgan fingerprint density at radius 1 is 1.19 bits per heavy atom. The molecule has 15 heteroatoms. The second-order valence-electron chi connectivity index (χ2n) is 8.60. The Bertz CT molecular complexity index is 1340. The summed E-state index contributed by atoms with van der Waals surface area (Å²) in [5.41, 5.74) is -4.00. The second kappa shape index (κ2) is 9.46. The number of oxime groups is 1. The molecule has 0 bridgehead atoms. The van der Waals surface area contributed by atoms with Crippen molar-refractivity contribution in [2.45, 2.75) is 37.7 Å². The van der Waals surface area contributed by atoms with E-state index >= 15 is 0 Å². The van der Waals surface area contributed by atoms with E-state index in [1.807, 2.05) is 0 Å². The van der Waals surface area contributed by atoms with Crippen molar-refractivity contribution in [2.24, 2.45) is 5.16 Å². The third-order valence-electron chi connectivity index (χ3n) is 5.91. The molecule has 0 saturated carbocycles. The van der Waals surface area contributed by atoms with Gasteiger partial charge in [0, 0.05) is 27.6 Å². The number of hydrogen-bond acceptors (Lipinski definition) is 6. The van der Waals surface area contributed by atoms with Crippen LogP contribution >= 0.6 is 23.2 Å². The molecule has 0 spiro atoms. The zero-order valence-corrected chi connectivity index (χ0v) is 21.4. The van der Waals surface area contributed by atoms with Gasteiger partial charge in [-0.2, -0.15) is 17.5 Å². The van der Waals surface area contributed by atoms with Crippen molar-refractivity contribution >= 4 is 52.2 Å². The van der Waals surface area contributed by atoms with Gasteiger partial charge in [-0.05, 0) is 55.3 Å². The van der Waals surface area contributed by atoms with Crippen molar-refractivity contribution in [3.8, 4) is 0 Å². The number of halogens is 5.